The molecule has 102 valence electrons. The summed E-state index contributed by atoms with van der Waals surface area (Å²) in [6, 6.07) is 15.0. The first kappa shape index (κ1) is 11.8. The standard InChI is InChI=1S/C16H10FN3O/c17-11-4-3-7-14-10(11)8-9-15(21)20(14)16-18-12-5-1-2-6-13(12)19-16/h1-9H,(H,18,19). The molecule has 0 saturated carbocycles. The first-order valence-electron chi connectivity index (χ1n) is 6.49. The first-order chi connectivity index (χ1) is 10.2. The monoisotopic (exact) mass is 279 g/mol. The lowest BCUT2D eigenvalue weighted by molar-refractivity contribution is 0.639. The van der Waals surface area contributed by atoms with E-state index >= 15 is 0 Å². The lowest BCUT2D eigenvalue weighted by Crippen LogP contribution is -2.18. The molecule has 0 bridgehead atoms. The zero-order chi connectivity index (χ0) is 14.4. The van der Waals surface area contributed by atoms with Gasteiger partial charge in [-0.15, -0.1) is 0 Å². The van der Waals surface area contributed by atoms with Gasteiger partial charge in [-0.3, -0.25) is 4.79 Å². The number of nitrogens with one attached hydrogen (secondary N) is 1. The molecular formula is C16H10FN3O. The van der Waals surface area contributed by atoms with Crippen molar-refractivity contribution in [2.24, 2.45) is 0 Å². The minimum Gasteiger partial charge on any atom is -0.323 e. The summed E-state index contributed by atoms with van der Waals surface area (Å²) in [5.74, 6) is 0.0229. The highest BCUT2D eigenvalue weighted by molar-refractivity contribution is 5.82. The molecule has 0 unspecified atom stereocenters. The van der Waals surface area contributed by atoms with Crippen LogP contribution in [0.4, 0.5) is 4.39 Å². The van der Waals surface area contributed by atoms with Gasteiger partial charge in [0.25, 0.3) is 5.56 Å². The van der Waals surface area contributed by atoms with E-state index in [9.17, 15) is 9.18 Å². The van der Waals surface area contributed by atoms with E-state index in [-0.39, 0.29) is 11.4 Å². The van der Waals surface area contributed by atoms with Gasteiger partial charge >= 0.3 is 0 Å². The number of rotatable bonds is 1. The molecule has 2 heterocycles. The molecule has 4 rings (SSSR count). The Morgan fingerprint density at radius 2 is 1.86 bits per heavy atom. The Balaban J connectivity index is 2.12. The molecule has 0 amide bonds. The van der Waals surface area contributed by atoms with E-state index in [1.165, 1.54) is 22.8 Å². The summed E-state index contributed by atoms with van der Waals surface area (Å²) in [6.07, 6.45) is 0. The number of benzene rings is 2. The number of fused-ring (bicyclic) bond motifs is 2. The number of aromatic amines is 1. The van der Waals surface area contributed by atoms with Gasteiger partial charge < -0.3 is 4.98 Å². The lowest BCUT2D eigenvalue weighted by atomic mass is 10.2. The molecule has 0 radical (unpaired) electrons. The Kier molecular flexibility index (Phi) is 2.41. The van der Waals surface area contributed by atoms with Gasteiger partial charge in [-0.2, -0.15) is 0 Å². The van der Waals surface area contributed by atoms with Crippen molar-refractivity contribution in [1.82, 2.24) is 14.5 Å². The molecule has 4 aromatic rings. The number of imidazole rings is 1. The van der Waals surface area contributed by atoms with Crippen LogP contribution in [0.15, 0.2) is 59.4 Å². The molecule has 0 aliphatic rings. The number of hydrogen-bond donors (Lipinski definition) is 1. The highest BCUT2D eigenvalue weighted by Gasteiger charge is 2.11. The van der Waals surface area contributed by atoms with Gasteiger partial charge in [0.1, 0.15) is 5.82 Å². The van der Waals surface area contributed by atoms with Crippen molar-refractivity contribution in [3.8, 4) is 5.95 Å². The van der Waals surface area contributed by atoms with Crippen LogP contribution in [0, 0.1) is 5.82 Å². The minimum atomic E-state index is -0.364. The topological polar surface area (TPSA) is 50.7 Å². The summed E-state index contributed by atoms with van der Waals surface area (Å²) in [5, 5.41) is 0.387. The molecule has 21 heavy (non-hydrogen) atoms. The van der Waals surface area contributed by atoms with Crippen LogP contribution < -0.4 is 5.56 Å². The van der Waals surface area contributed by atoms with Crippen molar-refractivity contribution in [2.45, 2.75) is 0 Å². The molecule has 0 saturated heterocycles. The molecule has 1 N–H and O–H groups in total. The van der Waals surface area contributed by atoms with Crippen molar-refractivity contribution in [1.29, 1.82) is 0 Å². The van der Waals surface area contributed by atoms with E-state index in [1.54, 1.807) is 12.1 Å². The van der Waals surface area contributed by atoms with Gasteiger partial charge in [0.2, 0.25) is 5.95 Å². The molecule has 4 nitrogen and oxygen atoms in total. The average molecular weight is 279 g/mol. The second-order valence-electron chi connectivity index (χ2n) is 4.76. The summed E-state index contributed by atoms with van der Waals surface area (Å²) in [5.41, 5.74) is 1.81. The Morgan fingerprint density at radius 1 is 1.00 bits per heavy atom. The number of para-hydroxylation sites is 2. The number of hydrogen-bond acceptors (Lipinski definition) is 2. The molecule has 0 atom stereocenters. The number of aromatic nitrogens is 3. The van der Waals surface area contributed by atoms with Crippen molar-refractivity contribution in [2.75, 3.05) is 0 Å². The fourth-order valence-electron chi connectivity index (χ4n) is 2.50. The predicted octanol–water partition coefficient (Wildman–Crippen LogP) is 3.01. The fraction of sp³-hybridized carbons (Fsp3) is 0. The number of H-pyrrole nitrogens is 1. The Labute approximate surface area is 118 Å². The van der Waals surface area contributed by atoms with Crippen molar-refractivity contribution in [3.63, 3.8) is 0 Å². The summed E-state index contributed by atoms with van der Waals surface area (Å²) in [6.45, 7) is 0. The number of halogens is 1. The van der Waals surface area contributed by atoms with E-state index in [2.05, 4.69) is 9.97 Å². The van der Waals surface area contributed by atoms with Gasteiger partial charge in [-0.05, 0) is 30.3 Å². The van der Waals surface area contributed by atoms with Gasteiger partial charge in [0.05, 0.1) is 16.6 Å². The normalized spacial score (nSPS) is 11.3. The Hall–Kier alpha value is -2.95. The van der Waals surface area contributed by atoms with E-state index < -0.39 is 0 Å². The van der Waals surface area contributed by atoms with Crippen molar-refractivity contribution >= 4 is 21.9 Å². The van der Waals surface area contributed by atoms with Crippen molar-refractivity contribution < 1.29 is 4.39 Å². The molecule has 2 aromatic carbocycles. The molecule has 5 heteroatoms. The molecule has 0 aliphatic carbocycles. The van der Waals surface area contributed by atoms with Crippen LogP contribution >= 0.6 is 0 Å². The number of pyridine rings is 1. The van der Waals surface area contributed by atoms with Crippen LogP contribution in [0.2, 0.25) is 0 Å². The zero-order valence-electron chi connectivity index (χ0n) is 10.9. The van der Waals surface area contributed by atoms with Crippen LogP contribution in [-0.2, 0) is 0 Å². The van der Waals surface area contributed by atoms with Crippen LogP contribution in [0.25, 0.3) is 27.9 Å². The Morgan fingerprint density at radius 3 is 2.71 bits per heavy atom. The highest BCUT2D eigenvalue weighted by atomic mass is 19.1. The van der Waals surface area contributed by atoms with Crippen LogP contribution in [0.5, 0.6) is 0 Å². The molecule has 0 aliphatic heterocycles. The van der Waals surface area contributed by atoms with Crippen LogP contribution in [-0.4, -0.2) is 14.5 Å². The van der Waals surface area contributed by atoms with Gasteiger partial charge in [0.15, 0.2) is 0 Å². The van der Waals surface area contributed by atoms with E-state index in [1.807, 2.05) is 24.3 Å². The van der Waals surface area contributed by atoms with Gasteiger partial charge in [-0.25, -0.2) is 13.9 Å². The maximum Gasteiger partial charge on any atom is 0.257 e. The minimum absolute atomic E-state index is 0.257. The quantitative estimate of drug-likeness (QED) is 0.582. The van der Waals surface area contributed by atoms with Crippen molar-refractivity contribution in [3.05, 3.63) is 70.8 Å². The third-order valence-corrected chi connectivity index (χ3v) is 3.47. The number of nitrogens with zero attached hydrogens (tertiary/aromatic N) is 2. The Bertz CT molecular complexity index is 999. The third kappa shape index (κ3) is 1.74. The first-order valence-corrected chi connectivity index (χ1v) is 6.49. The summed E-state index contributed by atoms with van der Waals surface area (Å²) in [7, 11) is 0. The fourth-order valence-corrected chi connectivity index (χ4v) is 2.50. The maximum atomic E-state index is 13.9. The maximum absolute atomic E-state index is 13.9. The second kappa shape index (κ2) is 4.28. The molecule has 0 spiro atoms. The average Bonchev–Trinajstić information content (AvgIpc) is 2.90. The third-order valence-electron chi connectivity index (χ3n) is 3.47. The van der Waals surface area contributed by atoms with E-state index in [0.29, 0.717) is 16.9 Å². The predicted molar refractivity (Wildman–Crippen MR) is 79.2 cm³/mol. The van der Waals surface area contributed by atoms with E-state index in [4.69, 9.17) is 0 Å². The second-order valence-corrected chi connectivity index (χ2v) is 4.76. The lowest BCUT2D eigenvalue weighted by Gasteiger charge is -2.07. The zero-order valence-corrected chi connectivity index (χ0v) is 10.9. The summed E-state index contributed by atoms with van der Waals surface area (Å²) < 4.78 is 15.3. The smallest absolute Gasteiger partial charge is 0.257 e. The van der Waals surface area contributed by atoms with E-state index in [0.717, 1.165) is 11.0 Å². The molecule has 0 fully saturated rings. The molecular weight excluding hydrogens is 269 g/mol. The van der Waals surface area contributed by atoms with Gasteiger partial charge in [-0.1, -0.05) is 18.2 Å². The van der Waals surface area contributed by atoms with Crippen LogP contribution in [0.1, 0.15) is 0 Å². The highest BCUT2D eigenvalue weighted by Crippen LogP contribution is 2.19. The van der Waals surface area contributed by atoms with Gasteiger partial charge in [0, 0.05) is 11.5 Å². The summed E-state index contributed by atoms with van der Waals surface area (Å²) in [4.78, 5) is 19.7. The van der Waals surface area contributed by atoms with Crippen LogP contribution in [0.3, 0.4) is 0 Å². The largest absolute Gasteiger partial charge is 0.323 e. The molecule has 2 aromatic heterocycles. The summed E-state index contributed by atoms with van der Waals surface area (Å²) >= 11 is 0. The SMILES string of the molecule is O=c1ccc2c(F)cccc2n1-c1nc2ccccc2[nH]1.